The third kappa shape index (κ3) is 3.85. The Morgan fingerprint density at radius 1 is 1.23 bits per heavy atom. The molecule has 0 unspecified atom stereocenters. The largest absolute Gasteiger partial charge is 0.331 e. The number of rotatable bonds is 3. The maximum atomic E-state index is 13.4. The van der Waals surface area contributed by atoms with Crippen LogP contribution < -0.4 is 21.2 Å². The quantitative estimate of drug-likeness (QED) is 0.457. The Kier molecular flexibility index (Phi) is 4.68. The average Bonchev–Trinajstić information content (AvgIpc) is 2.87. The lowest BCUT2D eigenvalue weighted by Crippen LogP contribution is -2.27. The number of anilines is 2. The number of benzene rings is 2. The van der Waals surface area contributed by atoms with Crippen LogP contribution in [0.2, 0.25) is 0 Å². The van der Waals surface area contributed by atoms with E-state index in [0.29, 0.717) is 16.9 Å². The number of nitrogens with zero attached hydrogens (tertiary/aromatic N) is 1. The molecule has 2 aromatic carbocycles. The molecule has 0 saturated heterocycles. The van der Waals surface area contributed by atoms with E-state index in [0.717, 1.165) is 0 Å². The lowest BCUT2D eigenvalue weighted by atomic mass is 10.1. The number of fused-ring (bicyclic) bond motifs is 1. The average molecular weight is 393 g/mol. The number of hydrazone groups is 1. The van der Waals surface area contributed by atoms with E-state index in [1.54, 1.807) is 6.07 Å². The summed E-state index contributed by atoms with van der Waals surface area (Å²) in [7, 11) is -3.85. The number of sulfonamides is 1. The molecule has 1 aliphatic heterocycles. The van der Waals surface area contributed by atoms with Crippen molar-refractivity contribution in [2.75, 3.05) is 10.6 Å². The van der Waals surface area contributed by atoms with Gasteiger partial charge in [-0.15, -0.1) is 0 Å². The summed E-state index contributed by atoms with van der Waals surface area (Å²) in [5.74, 6) is -1.01. The second kappa shape index (κ2) is 6.78. The van der Waals surface area contributed by atoms with Gasteiger partial charge in [-0.25, -0.2) is 17.9 Å². The second-order valence-corrected chi connectivity index (χ2v) is 7.21. The van der Waals surface area contributed by atoms with Gasteiger partial charge < -0.3 is 10.6 Å². The van der Waals surface area contributed by atoms with Gasteiger partial charge in [0.25, 0.3) is 5.91 Å². The Morgan fingerprint density at radius 2 is 2.00 bits per heavy atom. The van der Waals surface area contributed by atoms with Crippen molar-refractivity contribution >= 4 is 50.3 Å². The van der Waals surface area contributed by atoms with Crippen molar-refractivity contribution < 1.29 is 17.6 Å². The molecule has 2 aromatic rings. The van der Waals surface area contributed by atoms with Gasteiger partial charge >= 0.3 is 0 Å². The maximum absolute atomic E-state index is 13.4. The highest BCUT2D eigenvalue weighted by Gasteiger charge is 2.26. The zero-order valence-corrected chi connectivity index (χ0v) is 14.6. The van der Waals surface area contributed by atoms with Crippen molar-refractivity contribution in [1.82, 2.24) is 5.43 Å². The lowest BCUT2D eigenvalue weighted by Gasteiger charge is -2.08. The molecule has 0 fully saturated rings. The lowest BCUT2D eigenvalue weighted by molar-refractivity contribution is -0.110. The summed E-state index contributed by atoms with van der Waals surface area (Å²) >= 11 is 5.05. The number of halogens is 1. The van der Waals surface area contributed by atoms with Gasteiger partial charge in [-0.2, -0.15) is 5.10 Å². The molecule has 0 radical (unpaired) electrons. The molecule has 0 aliphatic carbocycles. The van der Waals surface area contributed by atoms with E-state index in [1.807, 2.05) is 0 Å². The monoisotopic (exact) mass is 393 g/mol. The summed E-state index contributed by atoms with van der Waals surface area (Å²) in [5, 5.41) is 14.2. The van der Waals surface area contributed by atoms with Crippen LogP contribution in [0.25, 0.3) is 0 Å². The highest BCUT2D eigenvalue weighted by Crippen LogP contribution is 2.24. The van der Waals surface area contributed by atoms with Gasteiger partial charge in [-0.3, -0.25) is 10.2 Å². The third-order valence-electron chi connectivity index (χ3n) is 3.39. The van der Waals surface area contributed by atoms with Crippen LogP contribution in [0.15, 0.2) is 52.5 Å². The highest BCUT2D eigenvalue weighted by atomic mass is 32.2. The molecule has 5 N–H and O–H groups in total. The van der Waals surface area contributed by atoms with Gasteiger partial charge in [-0.1, -0.05) is 6.07 Å². The maximum Gasteiger partial charge on any atom is 0.276 e. The summed E-state index contributed by atoms with van der Waals surface area (Å²) in [6, 6.07) is 9.53. The van der Waals surface area contributed by atoms with Crippen molar-refractivity contribution in [3.63, 3.8) is 0 Å². The first-order chi connectivity index (χ1) is 12.2. The number of hydrogen-bond acceptors (Lipinski definition) is 5. The molecule has 1 aliphatic rings. The predicted octanol–water partition coefficient (Wildman–Crippen LogP) is 1.12. The first kappa shape index (κ1) is 17.9. The summed E-state index contributed by atoms with van der Waals surface area (Å²) in [4.78, 5) is 11.8. The smallest absolute Gasteiger partial charge is 0.276 e. The van der Waals surface area contributed by atoms with Crippen molar-refractivity contribution in [2.45, 2.75) is 4.90 Å². The molecule has 0 aromatic heterocycles. The van der Waals surface area contributed by atoms with Crippen LogP contribution in [0.3, 0.4) is 0 Å². The number of nitrogens with one attached hydrogen (secondary N) is 3. The molecule has 1 heterocycles. The van der Waals surface area contributed by atoms with Gasteiger partial charge in [0.05, 0.1) is 10.6 Å². The van der Waals surface area contributed by atoms with Crippen molar-refractivity contribution in [2.24, 2.45) is 10.2 Å². The van der Waals surface area contributed by atoms with Gasteiger partial charge in [0.2, 0.25) is 10.0 Å². The Morgan fingerprint density at radius 3 is 2.73 bits per heavy atom. The summed E-state index contributed by atoms with van der Waals surface area (Å²) < 4.78 is 36.1. The summed E-state index contributed by atoms with van der Waals surface area (Å²) in [5.41, 5.74) is 3.55. The Bertz CT molecular complexity index is 1050. The molecule has 1 amide bonds. The molecule has 8 nitrogen and oxygen atoms in total. The first-order valence-corrected chi connectivity index (χ1v) is 9.08. The zero-order chi connectivity index (χ0) is 18.9. The Balaban J connectivity index is 1.75. The van der Waals surface area contributed by atoms with Crippen molar-refractivity contribution in [3.8, 4) is 0 Å². The van der Waals surface area contributed by atoms with Crippen LogP contribution >= 0.6 is 12.2 Å². The molecule has 26 heavy (non-hydrogen) atoms. The summed E-state index contributed by atoms with van der Waals surface area (Å²) in [6.45, 7) is 0. The van der Waals surface area contributed by atoms with Gasteiger partial charge in [0.15, 0.2) is 10.8 Å². The number of carbonyl (C=O) groups is 1. The van der Waals surface area contributed by atoms with E-state index in [9.17, 15) is 17.6 Å². The normalized spacial score (nSPS) is 14.7. The van der Waals surface area contributed by atoms with Crippen LogP contribution in [0.4, 0.5) is 15.8 Å². The van der Waals surface area contributed by atoms with Crippen LogP contribution in [0, 0.1) is 5.82 Å². The third-order valence-corrected chi connectivity index (χ3v) is 4.49. The molecule has 3 rings (SSSR count). The Labute approximate surface area is 153 Å². The number of amides is 1. The molecular weight excluding hydrogens is 381 g/mol. The molecule has 134 valence electrons. The Hall–Kier alpha value is -2.89. The van der Waals surface area contributed by atoms with Crippen molar-refractivity contribution in [3.05, 3.63) is 53.8 Å². The SMILES string of the molecule is NS(=O)(=O)c1cccc(NC(=S)NN=C2C(=O)Nc3ccc(F)cc32)c1. The minimum absolute atomic E-state index is 0.00159. The molecule has 0 atom stereocenters. The molecular formula is C15H12FN5O3S2. The number of primary sulfonamides is 1. The van der Waals surface area contributed by atoms with Crippen LogP contribution in [-0.4, -0.2) is 25.1 Å². The predicted molar refractivity (Wildman–Crippen MR) is 98.7 cm³/mol. The highest BCUT2D eigenvalue weighted by molar-refractivity contribution is 7.89. The number of carbonyl (C=O) groups excluding carboxylic acids is 1. The van der Waals surface area contributed by atoms with E-state index in [2.05, 4.69) is 21.2 Å². The van der Waals surface area contributed by atoms with Crippen molar-refractivity contribution in [1.29, 1.82) is 0 Å². The van der Waals surface area contributed by atoms with E-state index in [4.69, 9.17) is 17.4 Å². The number of hydrogen-bond donors (Lipinski definition) is 4. The zero-order valence-electron chi connectivity index (χ0n) is 13.0. The second-order valence-electron chi connectivity index (χ2n) is 5.24. The van der Waals surface area contributed by atoms with E-state index in [-0.39, 0.29) is 15.7 Å². The topological polar surface area (TPSA) is 126 Å². The van der Waals surface area contributed by atoms with Crippen LogP contribution in [0.5, 0.6) is 0 Å². The van der Waals surface area contributed by atoms with Gasteiger partial charge in [0, 0.05) is 11.3 Å². The molecule has 0 saturated carbocycles. The van der Waals surface area contributed by atoms with E-state index < -0.39 is 21.7 Å². The minimum atomic E-state index is -3.85. The molecule has 0 bridgehead atoms. The van der Waals surface area contributed by atoms with Gasteiger partial charge in [0.1, 0.15) is 5.82 Å². The minimum Gasteiger partial charge on any atom is -0.331 e. The van der Waals surface area contributed by atoms with Gasteiger partial charge in [-0.05, 0) is 48.6 Å². The molecule has 11 heteroatoms. The standard InChI is InChI=1S/C15H12FN5O3S2/c16-8-4-5-12-11(6-8)13(14(22)19-12)20-21-15(25)18-9-2-1-3-10(7-9)26(17,23)24/h1-7H,(H2,17,23,24)(H2,18,21,25)(H,19,20,22). The summed E-state index contributed by atoms with van der Waals surface area (Å²) in [6.07, 6.45) is 0. The fourth-order valence-corrected chi connectivity index (χ4v) is 2.98. The van der Waals surface area contributed by atoms with Crippen LogP contribution in [-0.2, 0) is 14.8 Å². The number of nitrogens with two attached hydrogens (primary N) is 1. The number of thiocarbonyl (C=S) groups is 1. The fourth-order valence-electron chi connectivity index (χ4n) is 2.25. The van der Waals surface area contributed by atoms with E-state index in [1.165, 1.54) is 36.4 Å². The molecule has 0 spiro atoms. The van der Waals surface area contributed by atoms with E-state index >= 15 is 0 Å². The fraction of sp³-hybridized carbons (Fsp3) is 0. The van der Waals surface area contributed by atoms with Crippen LogP contribution in [0.1, 0.15) is 5.56 Å². The first-order valence-electron chi connectivity index (χ1n) is 7.13.